The van der Waals surface area contributed by atoms with Crippen LogP contribution in [0.15, 0.2) is 18.2 Å². The molecule has 1 aliphatic rings. The van der Waals surface area contributed by atoms with Gasteiger partial charge in [-0.3, -0.25) is 4.79 Å². The quantitative estimate of drug-likeness (QED) is 0.773. The Bertz CT molecular complexity index is 603. The van der Waals surface area contributed by atoms with Crippen molar-refractivity contribution in [1.82, 2.24) is 4.90 Å². The fourth-order valence-electron chi connectivity index (χ4n) is 3.26. The second-order valence-corrected chi connectivity index (χ2v) is 6.44. The monoisotopic (exact) mass is 333 g/mol. The number of aliphatic hydroxyl groups is 1. The Morgan fingerprint density at radius 2 is 2.04 bits per heavy atom. The SMILES string of the molecule is CCCN(C(=O)Nc1ccc(C(N)=O)cc1C)[C@@H]1CCCC[C@H]1O. The summed E-state index contributed by atoms with van der Waals surface area (Å²) >= 11 is 0. The molecule has 24 heavy (non-hydrogen) atoms. The van der Waals surface area contributed by atoms with Gasteiger partial charge in [0.05, 0.1) is 12.1 Å². The van der Waals surface area contributed by atoms with Gasteiger partial charge < -0.3 is 21.1 Å². The van der Waals surface area contributed by atoms with Gasteiger partial charge in [0.2, 0.25) is 5.91 Å². The number of nitrogens with one attached hydrogen (secondary N) is 1. The van der Waals surface area contributed by atoms with Crippen molar-refractivity contribution in [2.75, 3.05) is 11.9 Å². The molecule has 132 valence electrons. The molecule has 0 bridgehead atoms. The van der Waals surface area contributed by atoms with Gasteiger partial charge in [0.1, 0.15) is 0 Å². The van der Waals surface area contributed by atoms with Crippen LogP contribution in [0.1, 0.15) is 54.9 Å². The first-order valence-corrected chi connectivity index (χ1v) is 8.60. The number of rotatable bonds is 5. The van der Waals surface area contributed by atoms with Crippen molar-refractivity contribution in [3.05, 3.63) is 29.3 Å². The maximum absolute atomic E-state index is 12.7. The zero-order chi connectivity index (χ0) is 17.7. The Morgan fingerprint density at radius 3 is 2.62 bits per heavy atom. The van der Waals surface area contributed by atoms with Crippen molar-refractivity contribution in [1.29, 1.82) is 0 Å². The van der Waals surface area contributed by atoms with E-state index in [9.17, 15) is 14.7 Å². The molecule has 6 nitrogen and oxygen atoms in total. The second-order valence-electron chi connectivity index (χ2n) is 6.44. The van der Waals surface area contributed by atoms with Crippen molar-refractivity contribution >= 4 is 17.6 Å². The lowest BCUT2D eigenvalue weighted by Gasteiger charge is -2.37. The van der Waals surface area contributed by atoms with Gasteiger partial charge in [0, 0.05) is 17.8 Å². The van der Waals surface area contributed by atoms with E-state index >= 15 is 0 Å². The summed E-state index contributed by atoms with van der Waals surface area (Å²) < 4.78 is 0. The molecule has 3 amide bonds. The third-order valence-corrected chi connectivity index (χ3v) is 4.57. The molecule has 2 atom stereocenters. The summed E-state index contributed by atoms with van der Waals surface area (Å²) in [6.45, 7) is 4.44. The third-order valence-electron chi connectivity index (χ3n) is 4.57. The van der Waals surface area contributed by atoms with E-state index in [0.717, 1.165) is 37.7 Å². The average molecular weight is 333 g/mol. The Labute approximate surface area is 143 Å². The van der Waals surface area contributed by atoms with Gasteiger partial charge in [-0.25, -0.2) is 4.79 Å². The van der Waals surface area contributed by atoms with Crippen LogP contribution >= 0.6 is 0 Å². The first-order valence-electron chi connectivity index (χ1n) is 8.60. The summed E-state index contributed by atoms with van der Waals surface area (Å²) in [5.41, 5.74) is 7.12. The van der Waals surface area contributed by atoms with Crippen LogP contribution in [0.4, 0.5) is 10.5 Å². The fraction of sp³-hybridized carbons (Fsp3) is 0.556. The Kier molecular flexibility index (Phi) is 6.20. The van der Waals surface area contributed by atoms with E-state index in [-0.39, 0.29) is 12.1 Å². The Morgan fingerprint density at radius 1 is 1.33 bits per heavy atom. The Hall–Kier alpha value is -2.08. The number of hydrogen-bond donors (Lipinski definition) is 3. The van der Waals surface area contributed by atoms with Gasteiger partial charge in [0.15, 0.2) is 0 Å². The molecule has 1 aromatic carbocycles. The van der Waals surface area contributed by atoms with Crippen LogP contribution in [0.5, 0.6) is 0 Å². The van der Waals surface area contributed by atoms with Crippen molar-refractivity contribution in [3.63, 3.8) is 0 Å². The molecule has 6 heteroatoms. The topological polar surface area (TPSA) is 95.7 Å². The van der Waals surface area contributed by atoms with Crippen molar-refractivity contribution < 1.29 is 14.7 Å². The molecule has 0 spiro atoms. The van der Waals surface area contributed by atoms with Crippen molar-refractivity contribution in [3.8, 4) is 0 Å². The summed E-state index contributed by atoms with van der Waals surface area (Å²) in [6, 6.07) is 4.61. The van der Waals surface area contributed by atoms with Gasteiger partial charge in [0.25, 0.3) is 0 Å². The number of primary amides is 1. The average Bonchev–Trinajstić information content (AvgIpc) is 2.55. The molecule has 1 saturated carbocycles. The van der Waals surface area contributed by atoms with Gasteiger partial charge in [-0.1, -0.05) is 19.8 Å². The molecule has 0 saturated heterocycles. The number of carbonyl (C=O) groups is 2. The van der Waals surface area contributed by atoms with E-state index in [0.29, 0.717) is 17.8 Å². The smallest absolute Gasteiger partial charge is 0.322 e. The summed E-state index contributed by atoms with van der Waals surface area (Å²) in [4.78, 5) is 25.7. The molecular weight excluding hydrogens is 306 g/mol. The summed E-state index contributed by atoms with van der Waals surface area (Å²) in [6.07, 6.45) is 3.97. The van der Waals surface area contributed by atoms with Crippen LogP contribution in [0.25, 0.3) is 0 Å². The summed E-state index contributed by atoms with van der Waals surface area (Å²) in [7, 11) is 0. The Balaban J connectivity index is 2.14. The third kappa shape index (κ3) is 4.26. The number of aryl methyl sites for hydroxylation is 1. The van der Waals surface area contributed by atoms with E-state index in [2.05, 4.69) is 5.32 Å². The van der Waals surface area contributed by atoms with Gasteiger partial charge in [-0.15, -0.1) is 0 Å². The predicted octanol–water partition coefficient (Wildman–Crippen LogP) is 2.64. The molecule has 0 aliphatic heterocycles. The minimum absolute atomic E-state index is 0.135. The van der Waals surface area contributed by atoms with Crippen LogP contribution in [-0.4, -0.2) is 40.6 Å². The molecule has 4 N–H and O–H groups in total. The zero-order valence-corrected chi connectivity index (χ0v) is 14.4. The van der Waals surface area contributed by atoms with E-state index in [1.165, 1.54) is 0 Å². The highest BCUT2D eigenvalue weighted by atomic mass is 16.3. The molecule has 1 fully saturated rings. The van der Waals surface area contributed by atoms with Crippen molar-refractivity contribution in [2.45, 2.75) is 58.1 Å². The molecule has 2 rings (SSSR count). The van der Waals surface area contributed by atoms with E-state index in [4.69, 9.17) is 5.73 Å². The van der Waals surface area contributed by atoms with E-state index < -0.39 is 12.0 Å². The van der Waals surface area contributed by atoms with Crippen LogP contribution in [0.2, 0.25) is 0 Å². The number of anilines is 1. The number of nitrogens with zero attached hydrogens (tertiary/aromatic N) is 1. The lowest BCUT2D eigenvalue weighted by molar-refractivity contribution is 0.0397. The van der Waals surface area contributed by atoms with E-state index in [1.54, 1.807) is 23.1 Å². The van der Waals surface area contributed by atoms with Gasteiger partial charge in [-0.2, -0.15) is 0 Å². The minimum Gasteiger partial charge on any atom is -0.391 e. The normalized spacial score (nSPS) is 20.5. The highest BCUT2D eigenvalue weighted by molar-refractivity contribution is 5.95. The standard InChI is InChI=1S/C18H27N3O3/c1-3-10-21(15-6-4-5-7-16(15)22)18(24)20-14-9-8-13(17(19)23)11-12(14)2/h8-9,11,15-16,22H,3-7,10H2,1-2H3,(H2,19,23)(H,20,24)/t15-,16-/m1/s1. The maximum Gasteiger partial charge on any atom is 0.322 e. The summed E-state index contributed by atoms with van der Waals surface area (Å²) in [5, 5.41) is 13.2. The highest BCUT2D eigenvalue weighted by Crippen LogP contribution is 2.25. The number of aliphatic hydroxyl groups excluding tert-OH is 1. The maximum atomic E-state index is 12.7. The zero-order valence-electron chi connectivity index (χ0n) is 14.4. The fourth-order valence-corrected chi connectivity index (χ4v) is 3.26. The van der Waals surface area contributed by atoms with Gasteiger partial charge in [-0.05, 0) is 49.9 Å². The number of urea groups is 1. The van der Waals surface area contributed by atoms with Crippen LogP contribution in [0, 0.1) is 6.92 Å². The summed E-state index contributed by atoms with van der Waals surface area (Å²) in [5.74, 6) is -0.492. The molecule has 1 aliphatic carbocycles. The number of benzene rings is 1. The lowest BCUT2D eigenvalue weighted by Crippen LogP contribution is -2.50. The highest BCUT2D eigenvalue weighted by Gasteiger charge is 2.31. The lowest BCUT2D eigenvalue weighted by atomic mass is 9.91. The molecule has 0 aromatic heterocycles. The molecule has 0 radical (unpaired) electrons. The first-order chi connectivity index (χ1) is 11.4. The van der Waals surface area contributed by atoms with Crippen LogP contribution < -0.4 is 11.1 Å². The molecular formula is C18H27N3O3. The number of hydrogen-bond acceptors (Lipinski definition) is 3. The minimum atomic E-state index is -0.492. The molecule has 0 unspecified atom stereocenters. The van der Waals surface area contributed by atoms with Crippen LogP contribution in [0.3, 0.4) is 0 Å². The number of nitrogens with two attached hydrogens (primary N) is 1. The van der Waals surface area contributed by atoms with Crippen molar-refractivity contribution in [2.24, 2.45) is 5.73 Å². The van der Waals surface area contributed by atoms with Gasteiger partial charge >= 0.3 is 6.03 Å². The molecule has 0 heterocycles. The first kappa shape index (κ1) is 18.3. The van der Waals surface area contributed by atoms with Crippen LogP contribution in [-0.2, 0) is 0 Å². The number of amides is 3. The largest absolute Gasteiger partial charge is 0.391 e. The number of carbonyl (C=O) groups excluding carboxylic acids is 2. The van der Waals surface area contributed by atoms with E-state index in [1.807, 2.05) is 13.8 Å². The predicted molar refractivity (Wildman–Crippen MR) is 94.0 cm³/mol. The molecule has 1 aromatic rings. The second kappa shape index (κ2) is 8.15.